The van der Waals surface area contributed by atoms with Crippen molar-refractivity contribution in [2.24, 2.45) is 11.7 Å². The molecule has 0 aliphatic rings. The van der Waals surface area contributed by atoms with Gasteiger partial charge in [0.1, 0.15) is 0 Å². The number of nitrogens with zero attached hydrogens (tertiary/aromatic N) is 1. The fourth-order valence-corrected chi connectivity index (χ4v) is 3.05. The van der Waals surface area contributed by atoms with Gasteiger partial charge in [0, 0.05) is 24.2 Å². The molecule has 7 nitrogen and oxygen atoms in total. The summed E-state index contributed by atoms with van der Waals surface area (Å²) in [6, 6.07) is 4.73. The second-order valence-electron chi connectivity index (χ2n) is 5.13. The zero-order valence-electron chi connectivity index (χ0n) is 11.7. The van der Waals surface area contributed by atoms with Gasteiger partial charge in [-0.3, -0.25) is 10.1 Å². The van der Waals surface area contributed by atoms with Crippen molar-refractivity contribution in [3.8, 4) is 0 Å². The standard InChI is InChI=1S/C12H19N3O4S/c1-9(2)12(3,8-13)14-20(18,19)11-6-4-10(5-7-11)15(16)17/h4-7,9,14H,8,13H2,1-3H3. The van der Waals surface area contributed by atoms with Gasteiger partial charge in [-0.15, -0.1) is 0 Å². The van der Waals surface area contributed by atoms with E-state index in [1.165, 1.54) is 12.1 Å². The molecule has 3 N–H and O–H groups in total. The number of hydrogen-bond donors (Lipinski definition) is 2. The molecule has 1 aromatic rings. The maximum Gasteiger partial charge on any atom is 0.269 e. The summed E-state index contributed by atoms with van der Waals surface area (Å²) in [6.45, 7) is 5.61. The van der Waals surface area contributed by atoms with Gasteiger partial charge in [-0.2, -0.15) is 0 Å². The second-order valence-corrected chi connectivity index (χ2v) is 6.82. The lowest BCUT2D eigenvalue weighted by molar-refractivity contribution is -0.384. The zero-order valence-corrected chi connectivity index (χ0v) is 12.5. The van der Waals surface area contributed by atoms with Crippen LogP contribution in [-0.4, -0.2) is 25.4 Å². The van der Waals surface area contributed by atoms with Gasteiger partial charge in [-0.1, -0.05) is 13.8 Å². The molecule has 0 bridgehead atoms. The SMILES string of the molecule is CC(C)C(C)(CN)NS(=O)(=O)c1ccc([N+](=O)[O-])cc1. The van der Waals surface area contributed by atoms with Crippen molar-refractivity contribution >= 4 is 15.7 Å². The lowest BCUT2D eigenvalue weighted by atomic mass is 9.90. The molecule has 1 atom stereocenters. The Morgan fingerprint density at radius 3 is 2.20 bits per heavy atom. The number of sulfonamides is 1. The summed E-state index contributed by atoms with van der Waals surface area (Å²) >= 11 is 0. The molecule has 20 heavy (non-hydrogen) atoms. The van der Waals surface area contributed by atoms with Gasteiger partial charge < -0.3 is 5.73 Å². The smallest absolute Gasteiger partial charge is 0.269 e. The first-order valence-corrected chi connectivity index (χ1v) is 7.59. The molecule has 8 heteroatoms. The first-order chi connectivity index (χ1) is 9.12. The largest absolute Gasteiger partial charge is 0.329 e. The highest BCUT2D eigenvalue weighted by Crippen LogP contribution is 2.21. The molecule has 0 aliphatic heterocycles. The summed E-state index contributed by atoms with van der Waals surface area (Å²) in [4.78, 5) is 9.94. The summed E-state index contributed by atoms with van der Waals surface area (Å²) in [6.07, 6.45) is 0. The lowest BCUT2D eigenvalue weighted by Gasteiger charge is -2.33. The number of nitrogens with one attached hydrogen (secondary N) is 1. The van der Waals surface area contributed by atoms with Crippen molar-refractivity contribution < 1.29 is 13.3 Å². The van der Waals surface area contributed by atoms with Crippen LogP contribution in [0.5, 0.6) is 0 Å². The Kier molecular flexibility index (Phi) is 4.85. The van der Waals surface area contributed by atoms with Crippen molar-refractivity contribution in [1.29, 1.82) is 0 Å². The predicted molar refractivity (Wildman–Crippen MR) is 75.7 cm³/mol. The van der Waals surface area contributed by atoms with Gasteiger partial charge in [0.15, 0.2) is 0 Å². The summed E-state index contributed by atoms with van der Waals surface area (Å²) in [5.74, 6) is 0.000299. The van der Waals surface area contributed by atoms with E-state index in [2.05, 4.69) is 4.72 Å². The lowest BCUT2D eigenvalue weighted by Crippen LogP contribution is -2.54. The Balaban J connectivity index is 3.08. The second kappa shape index (κ2) is 5.86. The number of benzene rings is 1. The van der Waals surface area contributed by atoms with Gasteiger partial charge in [0.05, 0.1) is 9.82 Å². The number of nitro benzene ring substituents is 1. The van der Waals surface area contributed by atoms with E-state index in [9.17, 15) is 18.5 Å². The summed E-state index contributed by atoms with van der Waals surface area (Å²) in [7, 11) is -3.77. The Hall–Kier alpha value is -1.51. The van der Waals surface area contributed by atoms with Crippen LogP contribution in [0.2, 0.25) is 0 Å². The average molecular weight is 301 g/mol. The third-order valence-electron chi connectivity index (χ3n) is 3.42. The Morgan fingerprint density at radius 1 is 1.35 bits per heavy atom. The molecular formula is C12H19N3O4S. The van der Waals surface area contributed by atoms with Crippen molar-refractivity contribution in [1.82, 2.24) is 4.72 Å². The molecule has 0 aliphatic carbocycles. The maximum atomic E-state index is 12.3. The van der Waals surface area contributed by atoms with E-state index in [4.69, 9.17) is 5.73 Å². The van der Waals surface area contributed by atoms with E-state index in [-0.39, 0.29) is 23.0 Å². The summed E-state index contributed by atoms with van der Waals surface area (Å²) < 4.78 is 27.1. The number of rotatable bonds is 6. The molecule has 0 spiro atoms. The third kappa shape index (κ3) is 3.53. The Labute approximate surface area is 118 Å². The van der Waals surface area contributed by atoms with Crippen molar-refractivity contribution in [2.75, 3.05) is 6.54 Å². The minimum atomic E-state index is -3.77. The maximum absolute atomic E-state index is 12.3. The molecule has 0 aromatic heterocycles. The van der Waals surface area contributed by atoms with Crippen LogP contribution < -0.4 is 10.5 Å². The van der Waals surface area contributed by atoms with Crippen LogP contribution in [-0.2, 0) is 10.0 Å². The number of hydrogen-bond acceptors (Lipinski definition) is 5. The van der Waals surface area contributed by atoms with E-state index < -0.39 is 20.5 Å². The highest BCUT2D eigenvalue weighted by Gasteiger charge is 2.32. The zero-order chi connectivity index (χ0) is 15.6. The fraction of sp³-hybridized carbons (Fsp3) is 0.500. The highest BCUT2D eigenvalue weighted by molar-refractivity contribution is 7.89. The summed E-state index contributed by atoms with van der Waals surface area (Å²) in [5.41, 5.74) is 4.71. The van der Waals surface area contributed by atoms with E-state index in [0.717, 1.165) is 12.1 Å². The average Bonchev–Trinajstić information content (AvgIpc) is 2.38. The molecule has 0 radical (unpaired) electrons. The van der Waals surface area contributed by atoms with Gasteiger partial charge >= 0.3 is 0 Å². The van der Waals surface area contributed by atoms with Gasteiger partial charge in [0.2, 0.25) is 10.0 Å². The minimum Gasteiger partial charge on any atom is -0.329 e. The van der Waals surface area contributed by atoms with Crippen LogP contribution in [0, 0.1) is 16.0 Å². The normalized spacial score (nSPS) is 15.1. The molecule has 1 unspecified atom stereocenters. The first kappa shape index (κ1) is 16.5. The number of nitrogens with two attached hydrogens (primary N) is 1. The van der Waals surface area contributed by atoms with E-state index >= 15 is 0 Å². The van der Waals surface area contributed by atoms with Gasteiger partial charge in [-0.25, -0.2) is 13.1 Å². The minimum absolute atomic E-state index is 0.000299. The molecule has 0 amide bonds. The Bertz CT molecular complexity index is 583. The molecule has 1 rings (SSSR count). The molecule has 0 saturated heterocycles. The third-order valence-corrected chi connectivity index (χ3v) is 5.05. The molecule has 0 saturated carbocycles. The van der Waals surface area contributed by atoms with Crippen LogP contribution >= 0.6 is 0 Å². The monoisotopic (exact) mass is 301 g/mol. The van der Waals surface area contributed by atoms with E-state index in [1.807, 2.05) is 13.8 Å². The Morgan fingerprint density at radius 2 is 1.85 bits per heavy atom. The van der Waals surface area contributed by atoms with E-state index in [1.54, 1.807) is 6.92 Å². The first-order valence-electron chi connectivity index (χ1n) is 6.11. The van der Waals surface area contributed by atoms with Crippen molar-refractivity contribution in [3.05, 3.63) is 34.4 Å². The molecule has 0 fully saturated rings. The van der Waals surface area contributed by atoms with Crippen LogP contribution in [0.4, 0.5) is 5.69 Å². The fourth-order valence-electron chi connectivity index (χ4n) is 1.51. The molecule has 0 heterocycles. The molecule has 1 aromatic carbocycles. The quantitative estimate of drug-likeness (QED) is 0.606. The van der Waals surface area contributed by atoms with Gasteiger partial charge in [0.25, 0.3) is 5.69 Å². The van der Waals surface area contributed by atoms with Crippen molar-refractivity contribution in [3.63, 3.8) is 0 Å². The summed E-state index contributed by atoms with van der Waals surface area (Å²) in [5, 5.41) is 10.6. The van der Waals surface area contributed by atoms with E-state index in [0.29, 0.717) is 0 Å². The van der Waals surface area contributed by atoms with Crippen LogP contribution in [0.1, 0.15) is 20.8 Å². The molecule has 112 valence electrons. The van der Waals surface area contributed by atoms with Crippen LogP contribution in [0.25, 0.3) is 0 Å². The molecular weight excluding hydrogens is 282 g/mol. The highest BCUT2D eigenvalue weighted by atomic mass is 32.2. The predicted octanol–water partition coefficient (Wildman–Crippen LogP) is 1.25. The van der Waals surface area contributed by atoms with Gasteiger partial charge in [-0.05, 0) is 25.0 Å². The van der Waals surface area contributed by atoms with Crippen molar-refractivity contribution in [2.45, 2.75) is 31.2 Å². The van der Waals surface area contributed by atoms with Crippen LogP contribution in [0.3, 0.4) is 0 Å². The number of nitro groups is 1. The topological polar surface area (TPSA) is 115 Å². The number of non-ortho nitro benzene ring substituents is 1. The van der Waals surface area contributed by atoms with Crippen LogP contribution in [0.15, 0.2) is 29.2 Å².